The molecule has 0 spiro atoms. The van der Waals surface area contributed by atoms with Gasteiger partial charge in [0, 0.05) is 11.9 Å². The third kappa shape index (κ3) is 3.22. The highest BCUT2D eigenvalue weighted by atomic mass is 16.3. The number of nitrogens with one attached hydrogen (secondary N) is 1. The van der Waals surface area contributed by atoms with E-state index in [0.29, 0.717) is 0 Å². The van der Waals surface area contributed by atoms with Crippen LogP contribution in [0.3, 0.4) is 0 Å². The zero-order valence-corrected chi connectivity index (χ0v) is 12.3. The predicted molar refractivity (Wildman–Crippen MR) is 82.8 cm³/mol. The van der Waals surface area contributed by atoms with E-state index < -0.39 is 0 Å². The smallest absolute Gasteiger partial charge is 0.134 e. The monoisotopic (exact) mass is 272 g/mol. The molecule has 3 rings (SSSR count). The summed E-state index contributed by atoms with van der Waals surface area (Å²) in [5.41, 5.74) is 0.998. The van der Waals surface area contributed by atoms with Crippen LogP contribution < -0.4 is 5.32 Å². The molecule has 0 bridgehead atoms. The van der Waals surface area contributed by atoms with Gasteiger partial charge in [0.15, 0.2) is 0 Å². The van der Waals surface area contributed by atoms with Crippen molar-refractivity contribution < 1.29 is 4.42 Å². The standard InChI is InChI=1S/C17H24N2O/c1-2-19(12-14-6-5-9-18-11-14)13-16-10-15-7-3-4-8-17(15)20-16/h3-4,7-8,10,14,18H,2,5-6,9,11-13H2,1H3. The van der Waals surface area contributed by atoms with Crippen molar-refractivity contribution in [1.82, 2.24) is 10.2 Å². The van der Waals surface area contributed by atoms with Crippen molar-refractivity contribution in [2.75, 3.05) is 26.2 Å². The topological polar surface area (TPSA) is 28.4 Å². The maximum atomic E-state index is 5.93. The highest BCUT2D eigenvalue weighted by Crippen LogP contribution is 2.21. The molecule has 2 aromatic rings. The molecule has 1 unspecified atom stereocenters. The molecule has 0 aliphatic carbocycles. The molecule has 2 heterocycles. The normalized spacial score (nSPS) is 19.8. The molecule has 0 saturated carbocycles. The van der Waals surface area contributed by atoms with Crippen molar-refractivity contribution in [3.8, 4) is 0 Å². The second-order valence-electron chi connectivity index (χ2n) is 5.79. The fourth-order valence-corrected chi connectivity index (χ4v) is 3.09. The van der Waals surface area contributed by atoms with Crippen molar-refractivity contribution in [1.29, 1.82) is 0 Å². The van der Waals surface area contributed by atoms with E-state index >= 15 is 0 Å². The van der Waals surface area contributed by atoms with Crippen LogP contribution >= 0.6 is 0 Å². The lowest BCUT2D eigenvalue weighted by atomic mass is 9.99. The predicted octanol–water partition coefficient (Wildman–Crippen LogP) is 3.25. The molecule has 0 radical (unpaired) electrons. The van der Waals surface area contributed by atoms with E-state index in [9.17, 15) is 0 Å². The summed E-state index contributed by atoms with van der Waals surface area (Å²) in [6, 6.07) is 10.4. The average Bonchev–Trinajstić information content (AvgIpc) is 2.90. The highest BCUT2D eigenvalue weighted by molar-refractivity contribution is 5.77. The van der Waals surface area contributed by atoms with Crippen LogP contribution in [-0.4, -0.2) is 31.1 Å². The molecule has 0 amide bonds. The number of benzene rings is 1. The number of nitrogens with zero attached hydrogens (tertiary/aromatic N) is 1. The van der Waals surface area contributed by atoms with Gasteiger partial charge in [0.1, 0.15) is 11.3 Å². The summed E-state index contributed by atoms with van der Waals surface area (Å²) in [5, 5.41) is 4.71. The van der Waals surface area contributed by atoms with Gasteiger partial charge in [-0.1, -0.05) is 25.1 Å². The van der Waals surface area contributed by atoms with Crippen molar-refractivity contribution in [3.63, 3.8) is 0 Å². The lowest BCUT2D eigenvalue weighted by Crippen LogP contribution is -2.38. The molecule has 108 valence electrons. The summed E-state index contributed by atoms with van der Waals surface area (Å²) in [6.07, 6.45) is 2.66. The Morgan fingerprint density at radius 3 is 3.00 bits per heavy atom. The van der Waals surface area contributed by atoms with Crippen LogP contribution in [0, 0.1) is 5.92 Å². The van der Waals surface area contributed by atoms with Gasteiger partial charge in [-0.2, -0.15) is 0 Å². The first-order valence-corrected chi connectivity index (χ1v) is 7.75. The van der Waals surface area contributed by atoms with Crippen LogP contribution in [0.5, 0.6) is 0 Å². The van der Waals surface area contributed by atoms with Gasteiger partial charge in [-0.25, -0.2) is 0 Å². The quantitative estimate of drug-likeness (QED) is 0.905. The van der Waals surface area contributed by atoms with E-state index in [1.54, 1.807) is 0 Å². The van der Waals surface area contributed by atoms with Crippen LogP contribution in [-0.2, 0) is 6.54 Å². The Morgan fingerprint density at radius 1 is 1.35 bits per heavy atom. The van der Waals surface area contributed by atoms with E-state index in [0.717, 1.165) is 36.9 Å². The Hall–Kier alpha value is -1.32. The summed E-state index contributed by atoms with van der Waals surface area (Å²) in [4.78, 5) is 2.50. The largest absolute Gasteiger partial charge is 0.460 e. The number of fused-ring (bicyclic) bond motifs is 1. The Labute approximate surface area is 120 Å². The summed E-state index contributed by atoms with van der Waals surface area (Å²) in [6.45, 7) is 7.75. The summed E-state index contributed by atoms with van der Waals surface area (Å²) < 4.78 is 5.93. The van der Waals surface area contributed by atoms with E-state index in [4.69, 9.17) is 4.42 Å². The van der Waals surface area contributed by atoms with E-state index in [-0.39, 0.29) is 0 Å². The van der Waals surface area contributed by atoms with Crippen LogP contribution in [0.15, 0.2) is 34.7 Å². The third-order valence-electron chi connectivity index (χ3n) is 4.22. The summed E-state index contributed by atoms with van der Waals surface area (Å²) in [5.74, 6) is 1.87. The van der Waals surface area contributed by atoms with Gasteiger partial charge in [0.2, 0.25) is 0 Å². The molecule has 1 aliphatic rings. The zero-order valence-electron chi connectivity index (χ0n) is 12.3. The molecule has 1 aromatic heterocycles. The van der Waals surface area contributed by atoms with E-state index in [2.05, 4.69) is 35.3 Å². The number of para-hydroxylation sites is 1. The molecule has 1 aliphatic heterocycles. The second-order valence-corrected chi connectivity index (χ2v) is 5.79. The summed E-state index contributed by atoms with van der Waals surface area (Å²) in [7, 11) is 0. The van der Waals surface area contributed by atoms with E-state index in [1.807, 2.05) is 12.1 Å². The van der Waals surface area contributed by atoms with Gasteiger partial charge in [-0.15, -0.1) is 0 Å². The maximum Gasteiger partial charge on any atom is 0.134 e. The van der Waals surface area contributed by atoms with E-state index in [1.165, 1.54) is 31.3 Å². The summed E-state index contributed by atoms with van der Waals surface area (Å²) >= 11 is 0. The third-order valence-corrected chi connectivity index (χ3v) is 4.22. The Morgan fingerprint density at radius 2 is 2.25 bits per heavy atom. The Bertz CT molecular complexity index is 510. The minimum atomic E-state index is 0.785. The van der Waals surface area contributed by atoms with Gasteiger partial charge in [0.05, 0.1) is 6.54 Å². The molecule has 1 saturated heterocycles. The molecule has 1 atom stereocenters. The minimum absolute atomic E-state index is 0.785. The molecule has 20 heavy (non-hydrogen) atoms. The molecule has 1 fully saturated rings. The minimum Gasteiger partial charge on any atom is -0.460 e. The van der Waals surface area contributed by atoms with Gasteiger partial charge in [-0.3, -0.25) is 4.90 Å². The van der Waals surface area contributed by atoms with Crippen molar-refractivity contribution in [3.05, 3.63) is 36.1 Å². The SMILES string of the molecule is CCN(Cc1cc2ccccc2o1)CC1CCCNC1. The number of rotatable bonds is 5. The first-order chi connectivity index (χ1) is 9.85. The van der Waals surface area contributed by atoms with Crippen molar-refractivity contribution in [2.24, 2.45) is 5.92 Å². The van der Waals surface area contributed by atoms with Gasteiger partial charge < -0.3 is 9.73 Å². The van der Waals surface area contributed by atoms with Crippen LogP contribution in [0.25, 0.3) is 11.0 Å². The molecule has 1 N–H and O–H groups in total. The maximum absolute atomic E-state index is 5.93. The van der Waals surface area contributed by atoms with Gasteiger partial charge in [0.25, 0.3) is 0 Å². The second kappa shape index (κ2) is 6.42. The lowest BCUT2D eigenvalue weighted by molar-refractivity contribution is 0.198. The van der Waals surface area contributed by atoms with Gasteiger partial charge in [-0.05, 0) is 50.5 Å². The number of furan rings is 1. The zero-order chi connectivity index (χ0) is 13.8. The fourth-order valence-electron chi connectivity index (χ4n) is 3.09. The first-order valence-electron chi connectivity index (χ1n) is 7.75. The lowest BCUT2D eigenvalue weighted by Gasteiger charge is -2.28. The van der Waals surface area contributed by atoms with Crippen molar-refractivity contribution in [2.45, 2.75) is 26.3 Å². The Balaban J connectivity index is 1.64. The first kappa shape index (κ1) is 13.7. The van der Waals surface area contributed by atoms with Crippen LogP contribution in [0.2, 0.25) is 0 Å². The average molecular weight is 272 g/mol. The molecular weight excluding hydrogens is 248 g/mol. The molecule has 1 aromatic carbocycles. The molecule has 3 nitrogen and oxygen atoms in total. The number of hydrogen-bond acceptors (Lipinski definition) is 3. The number of hydrogen-bond donors (Lipinski definition) is 1. The molecular formula is C17H24N2O. The Kier molecular flexibility index (Phi) is 4.38. The van der Waals surface area contributed by atoms with Gasteiger partial charge >= 0.3 is 0 Å². The highest BCUT2D eigenvalue weighted by Gasteiger charge is 2.17. The van der Waals surface area contributed by atoms with Crippen molar-refractivity contribution >= 4 is 11.0 Å². The van der Waals surface area contributed by atoms with Crippen LogP contribution in [0.1, 0.15) is 25.5 Å². The fraction of sp³-hybridized carbons (Fsp3) is 0.529. The van der Waals surface area contributed by atoms with Crippen LogP contribution in [0.4, 0.5) is 0 Å². The molecule has 3 heteroatoms. The number of piperidine rings is 1.